The van der Waals surface area contributed by atoms with Gasteiger partial charge < -0.3 is 10.2 Å². The van der Waals surface area contributed by atoms with Gasteiger partial charge in [-0.15, -0.1) is 0 Å². The molecule has 1 N–H and O–H groups in total. The largest absolute Gasteiger partial charge is 0.371 e. The van der Waals surface area contributed by atoms with Gasteiger partial charge in [0.2, 0.25) is 0 Å². The van der Waals surface area contributed by atoms with Crippen LogP contribution in [-0.2, 0) is 6.54 Å². The Bertz CT molecular complexity index is 1110. The fourth-order valence-electron chi connectivity index (χ4n) is 4.30. The first-order valence-corrected chi connectivity index (χ1v) is 10.7. The molecule has 0 unspecified atom stereocenters. The van der Waals surface area contributed by atoms with E-state index in [1.807, 2.05) is 59.4 Å². The van der Waals surface area contributed by atoms with Crippen LogP contribution in [0.15, 0.2) is 78.9 Å². The molecule has 0 bridgehead atoms. The van der Waals surface area contributed by atoms with Crippen LogP contribution >= 0.6 is 0 Å². The van der Waals surface area contributed by atoms with Gasteiger partial charge in [-0.3, -0.25) is 9.48 Å². The first kappa shape index (κ1) is 18.7. The minimum Gasteiger partial charge on any atom is -0.371 e. The molecule has 0 saturated heterocycles. The molecular formula is C25H26N4O. The Labute approximate surface area is 176 Å². The van der Waals surface area contributed by atoms with E-state index in [1.165, 1.54) is 19.3 Å². The predicted octanol–water partition coefficient (Wildman–Crippen LogP) is 4.33. The van der Waals surface area contributed by atoms with E-state index in [4.69, 9.17) is 0 Å². The lowest BCUT2D eigenvalue weighted by Crippen LogP contribution is -2.36. The third kappa shape index (κ3) is 3.88. The van der Waals surface area contributed by atoms with E-state index < -0.39 is 0 Å². The summed E-state index contributed by atoms with van der Waals surface area (Å²) in [4.78, 5) is 15.4. The van der Waals surface area contributed by atoms with Gasteiger partial charge in [0.1, 0.15) is 0 Å². The molecule has 5 heteroatoms. The zero-order valence-electron chi connectivity index (χ0n) is 17.0. The quantitative estimate of drug-likeness (QED) is 0.672. The maximum atomic E-state index is 13.1. The topological polar surface area (TPSA) is 50.2 Å². The van der Waals surface area contributed by atoms with Crippen LogP contribution in [0.4, 0.5) is 0 Å². The summed E-state index contributed by atoms with van der Waals surface area (Å²) in [7, 11) is 0. The summed E-state index contributed by atoms with van der Waals surface area (Å²) in [6, 6.07) is 14.0. The smallest absolute Gasteiger partial charge is 0.256 e. The van der Waals surface area contributed by atoms with Crippen LogP contribution in [-0.4, -0.2) is 33.7 Å². The van der Waals surface area contributed by atoms with Gasteiger partial charge in [-0.2, -0.15) is 5.10 Å². The fraction of sp³-hybridized carbons (Fsp3) is 0.280. The molecule has 5 rings (SSSR count). The second kappa shape index (κ2) is 8.19. The number of rotatable bonds is 6. The lowest BCUT2D eigenvalue weighted by atomic mass is 9.85. The monoisotopic (exact) mass is 398 g/mol. The second-order valence-corrected chi connectivity index (χ2v) is 8.24. The third-order valence-corrected chi connectivity index (χ3v) is 6.11. The van der Waals surface area contributed by atoms with Crippen molar-refractivity contribution in [3.63, 3.8) is 0 Å². The average molecular weight is 399 g/mol. The normalized spacial score (nSPS) is 16.4. The van der Waals surface area contributed by atoms with Crippen LogP contribution < -0.4 is 5.32 Å². The van der Waals surface area contributed by atoms with E-state index in [2.05, 4.69) is 27.6 Å². The number of carbonyl (C=O) groups excluding carboxylic acids is 1. The second-order valence-electron chi connectivity index (χ2n) is 8.24. The zero-order chi connectivity index (χ0) is 20.3. The van der Waals surface area contributed by atoms with Crippen molar-refractivity contribution >= 4 is 16.7 Å². The summed E-state index contributed by atoms with van der Waals surface area (Å²) < 4.78 is 1.90. The molecule has 2 heterocycles. The van der Waals surface area contributed by atoms with Crippen molar-refractivity contribution in [1.82, 2.24) is 20.0 Å². The number of fused-ring (bicyclic) bond motifs is 1. The number of hydrogen-bond acceptors (Lipinski definition) is 3. The Hall–Kier alpha value is -3.34. The molecule has 1 aliphatic heterocycles. The van der Waals surface area contributed by atoms with Gasteiger partial charge in [0.25, 0.3) is 5.91 Å². The minimum atomic E-state index is -0.0537. The highest BCUT2D eigenvalue weighted by Crippen LogP contribution is 2.28. The molecule has 1 amide bonds. The van der Waals surface area contributed by atoms with E-state index in [1.54, 1.807) is 6.20 Å². The van der Waals surface area contributed by atoms with E-state index >= 15 is 0 Å². The van der Waals surface area contributed by atoms with Crippen LogP contribution in [0.1, 0.15) is 35.2 Å². The first-order valence-electron chi connectivity index (χ1n) is 10.7. The molecule has 0 spiro atoms. The van der Waals surface area contributed by atoms with Crippen molar-refractivity contribution in [2.75, 3.05) is 13.1 Å². The zero-order valence-corrected chi connectivity index (χ0v) is 17.0. The Morgan fingerprint density at radius 2 is 1.97 bits per heavy atom. The lowest BCUT2D eigenvalue weighted by molar-refractivity contribution is 0.0963. The highest BCUT2D eigenvalue weighted by atomic mass is 16.1. The summed E-state index contributed by atoms with van der Waals surface area (Å²) in [6.45, 7) is 2.52. The standard InChI is InChI=1S/C25H26N4O/c30-25(27-21-8-4-14-28(18-21)16-19-6-3-7-19)24-12-11-20(17-29-15-5-13-26-29)22-9-1-2-10-23(22)24/h1-2,4-5,8-15,19H,3,6-7,16-18H2,(H,27,30). The SMILES string of the molecule is O=C(NC1=CC=CN(CC2CCC2)C1)c1ccc(Cn2cccn2)c2ccccc12. The van der Waals surface area contributed by atoms with Crippen molar-refractivity contribution in [1.29, 1.82) is 0 Å². The van der Waals surface area contributed by atoms with Crippen molar-refractivity contribution in [3.05, 3.63) is 90.0 Å². The van der Waals surface area contributed by atoms with Gasteiger partial charge in [-0.1, -0.05) is 36.8 Å². The highest BCUT2D eigenvalue weighted by molar-refractivity contribution is 6.08. The number of allylic oxidation sites excluding steroid dienone is 2. The maximum Gasteiger partial charge on any atom is 0.256 e. The molecule has 1 aliphatic carbocycles. The Morgan fingerprint density at radius 1 is 1.10 bits per heavy atom. The van der Waals surface area contributed by atoms with Gasteiger partial charge >= 0.3 is 0 Å². The van der Waals surface area contributed by atoms with Crippen LogP contribution in [0.25, 0.3) is 10.8 Å². The number of amides is 1. The first-order chi connectivity index (χ1) is 14.8. The highest BCUT2D eigenvalue weighted by Gasteiger charge is 2.21. The third-order valence-electron chi connectivity index (χ3n) is 6.11. The molecule has 1 fully saturated rings. The Kier molecular flexibility index (Phi) is 5.10. The molecule has 0 atom stereocenters. The number of nitrogens with one attached hydrogen (secondary N) is 1. The molecule has 30 heavy (non-hydrogen) atoms. The van der Waals surface area contributed by atoms with E-state index in [0.717, 1.165) is 41.0 Å². The lowest BCUT2D eigenvalue weighted by Gasteiger charge is -2.33. The van der Waals surface area contributed by atoms with Crippen molar-refractivity contribution in [2.24, 2.45) is 5.92 Å². The number of hydrogen-bond donors (Lipinski definition) is 1. The van der Waals surface area contributed by atoms with Crippen LogP contribution in [0, 0.1) is 5.92 Å². The van der Waals surface area contributed by atoms with Gasteiger partial charge in [0.15, 0.2) is 0 Å². The predicted molar refractivity (Wildman–Crippen MR) is 119 cm³/mol. The molecule has 2 aliphatic rings. The van der Waals surface area contributed by atoms with Gasteiger partial charge in [-0.05, 0) is 65.6 Å². The summed E-state index contributed by atoms with van der Waals surface area (Å²) in [5, 5.41) is 9.51. The fourth-order valence-corrected chi connectivity index (χ4v) is 4.30. The van der Waals surface area contributed by atoms with Gasteiger partial charge in [0, 0.05) is 30.2 Å². The maximum absolute atomic E-state index is 13.1. The molecular weight excluding hydrogens is 372 g/mol. The average Bonchev–Trinajstić information content (AvgIpc) is 3.24. The summed E-state index contributed by atoms with van der Waals surface area (Å²) >= 11 is 0. The van der Waals surface area contributed by atoms with Crippen LogP contribution in [0.5, 0.6) is 0 Å². The molecule has 152 valence electrons. The summed E-state index contributed by atoms with van der Waals surface area (Å²) in [5.74, 6) is 0.748. The van der Waals surface area contributed by atoms with Gasteiger partial charge in [0.05, 0.1) is 13.1 Å². The van der Waals surface area contributed by atoms with E-state index in [-0.39, 0.29) is 5.91 Å². The van der Waals surface area contributed by atoms with Crippen LogP contribution in [0.2, 0.25) is 0 Å². The number of nitrogens with zero attached hydrogens (tertiary/aromatic N) is 3. The Balaban J connectivity index is 1.35. The number of carbonyl (C=O) groups is 1. The summed E-state index contributed by atoms with van der Waals surface area (Å²) in [5.41, 5.74) is 2.81. The molecule has 2 aromatic carbocycles. The summed E-state index contributed by atoms with van der Waals surface area (Å²) in [6.07, 6.45) is 13.9. The van der Waals surface area contributed by atoms with Crippen molar-refractivity contribution in [2.45, 2.75) is 25.8 Å². The number of aromatic nitrogens is 2. The molecule has 0 radical (unpaired) electrons. The number of benzene rings is 2. The molecule has 5 nitrogen and oxygen atoms in total. The van der Waals surface area contributed by atoms with Crippen molar-refractivity contribution < 1.29 is 4.79 Å². The van der Waals surface area contributed by atoms with Crippen LogP contribution in [0.3, 0.4) is 0 Å². The van der Waals surface area contributed by atoms with Gasteiger partial charge in [-0.25, -0.2) is 0 Å². The van der Waals surface area contributed by atoms with E-state index in [9.17, 15) is 4.79 Å². The minimum absolute atomic E-state index is 0.0537. The molecule has 1 saturated carbocycles. The molecule has 1 aromatic heterocycles. The van der Waals surface area contributed by atoms with E-state index in [0.29, 0.717) is 12.1 Å². The van der Waals surface area contributed by atoms with Crippen molar-refractivity contribution in [3.8, 4) is 0 Å². The molecule has 3 aromatic rings. The Morgan fingerprint density at radius 3 is 2.73 bits per heavy atom.